The minimum absolute atomic E-state index is 0.203. The molecule has 152 valence electrons. The Balaban J connectivity index is 1.28. The standard InChI is InChI=1S/C21H18N4O2S3/c1-14(18-10-5-11-27-18)22-23-19(26)13-29-21-25-24-20(30-21)28-12-16-8-4-7-15-6-2-3-9-17(15)16/h2-11H,12-13H2,1H3,(H,23,26)/b22-14-. The zero-order valence-corrected chi connectivity index (χ0v) is 18.5. The van der Waals surface area contributed by atoms with Crippen LogP contribution in [0.3, 0.4) is 0 Å². The van der Waals surface area contributed by atoms with Crippen molar-refractivity contribution < 1.29 is 9.21 Å². The number of hydrogen-bond donors (Lipinski definition) is 1. The third-order valence-corrected chi connectivity index (χ3v) is 7.41. The van der Waals surface area contributed by atoms with Crippen LogP contribution in [0.5, 0.6) is 0 Å². The van der Waals surface area contributed by atoms with Gasteiger partial charge in [0.25, 0.3) is 5.91 Å². The van der Waals surface area contributed by atoms with Crippen molar-refractivity contribution in [2.45, 2.75) is 21.4 Å². The number of thioether (sulfide) groups is 2. The van der Waals surface area contributed by atoms with Gasteiger partial charge in [0.2, 0.25) is 0 Å². The van der Waals surface area contributed by atoms with Gasteiger partial charge in [-0.2, -0.15) is 5.10 Å². The van der Waals surface area contributed by atoms with Crippen molar-refractivity contribution >= 4 is 57.3 Å². The number of hydrazone groups is 1. The Morgan fingerprint density at radius 2 is 1.87 bits per heavy atom. The first-order chi connectivity index (χ1) is 14.7. The maximum Gasteiger partial charge on any atom is 0.250 e. The summed E-state index contributed by atoms with van der Waals surface area (Å²) < 4.78 is 6.88. The molecule has 0 aliphatic rings. The Bertz CT molecular complexity index is 1170. The molecule has 0 atom stereocenters. The zero-order valence-electron chi connectivity index (χ0n) is 16.1. The van der Waals surface area contributed by atoms with Crippen LogP contribution in [0.1, 0.15) is 18.2 Å². The third-order valence-electron chi connectivity index (χ3n) is 4.17. The Morgan fingerprint density at radius 1 is 1.07 bits per heavy atom. The summed E-state index contributed by atoms with van der Waals surface area (Å²) in [5.74, 6) is 1.46. The highest BCUT2D eigenvalue weighted by molar-refractivity contribution is 8.03. The highest BCUT2D eigenvalue weighted by Gasteiger charge is 2.10. The van der Waals surface area contributed by atoms with Gasteiger partial charge in [-0.1, -0.05) is 77.3 Å². The molecular weight excluding hydrogens is 436 g/mol. The lowest BCUT2D eigenvalue weighted by Gasteiger charge is -2.04. The number of carbonyl (C=O) groups excluding carboxylic acids is 1. The first-order valence-electron chi connectivity index (χ1n) is 9.12. The van der Waals surface area contributed by atoms with Crippen molar-refractivity contribution in [3.63, 3.8) is 0 Å². The van der Waals surface area contributed by atoms with E-state index in [-0.39, 0.29) is 11.7 Å². The molecule has 30 heavy (non-hydrogen) atoms. The van der Waals surface area contributed by atoms with Crippen LogP contribution in [-0.4, -0.2) is 27.6 Å². The van der Waals surface area contributed by atoms with E-state index in [1.165, 1.54) is 39.4 Å². The summed E-state index contributed by atoms with van der Waals surface area (Å²) in [6.07, 6.45) is 1.57. The van der Waals surface area contributed by atoms with Gasteiger partial charge in [0, 0.05) is 5.75 Å². The summed E-state index contributed by atoms with van der Waals surface area (Å²) in [6.45, 7) is 1.77. The highest BCUT2D eigenvalue weighted by Crippen LogP contribution is 2.32. The maximum absolute atomic E-state index is 12.0. The van der Waals surface area contributed by atoms with Crippen molar-refractivity contribution in [2.24, 2.45) is 5.10 Å². The molecule has 0 aliphatic heterocycles. The first-order valence-corrected chi connectivity index (χ1v) is 11.9. The second-order valence-corrected chi connectivity index (χ2v) is 9.68. The van der Waals surface area contributed by atoms with Crippen molar-refractivity contribution in [2.75, 3.05) is 5.75 Å². The molecule has 0 spiro atoms. The van der Waals surface area contributed by atoms with E-state index < -0.39 is 0 Å². The number of fused-ring (bicyclic) bond motifs is 1. The number of aromatic nitrogens is 2. The summed E-state index contributed by atoms with van der Waals surface area (Å²) in [7, 11) is 0. The Kier molecular flexibility index (Phi) is 6.83. The molecule has 0 aliphatic carbocycles. The van der Waals surface area contributed by atoms with Gasteiger partial charge < -0.3 is 4.42 Å². The van der Waals surface area contributed by atoms with Gasteiger partial charge in [0.1, 0.15) is 11.5 Å². The molecule has 0 radical (unpaired) electrons. The molecule has 0 unspecified atom stereocenters. The summed E-state index contributed by atoms with van der Waals surface area (Å²) in [6, 6.07) is 18.3. The quantitative estimate of drug-likeness (QED) is 0.224. The molecule has 2 aromatic carbocycles. The number of amides is 1. The van der Waals surface area contributed by atoms with Crippen molar-refractivity contribution in [1.29, 1.82) is 0 Å². The fourth-order valence-corrected chi connectivity index (χ4v) is 5.53. The largest absolute Gasteiger partial charge is 0.463 e. The third kappa shape index (κ3) is 5.29. The second-order valence-electron chi connectivity index (χ2n) is 6.26. The lowest BCUT2D eigenvalue weighted by atomic mass is 10.1. The molecule has 2 heterocycles. The lowest BCUT2D eigenvalue weighted by Crippen LogP contribution is -2.21. The van der Waals surface area contributed by atoms with E-state index in [0.29, 0.717) is 11.5 Å². The van der Waals surface area contributed by atoms with Crippen LogP contribution in [0.2, 0.25) is 0 Å². The van der Waals surface area contributed by atoms with Crippen LogP contribution < -0.4 is 5.43 Å². The second kappa shape index (κ2) is 9.92. The summed E-state index contributed by atoms with van der Waals surface area (Å²) in [5.41, 5.74) is 4.41. The first kappa shape index (κ1) is 20.6. The molecule has 1 N–H and O–H groups in total. The van der Waals surface area contributed by atoms with Crippen LogP contribution in [-0.2, 0) is 10.5 Å². The molecule has 6 nitrogen and oxygen atoms in total. The molecule has 2 aromatic heterocycles. The Hall–Kier alpha value is -2.62. The SMILES string of the molecule is C/C(=N/NC(=O)CSc1nnc(SCc2cccc3ccccc23)s1)c1ccco1. The van der Waals surface area contributed by atoms with Gasteiger partial charge in [-0.3, -0.25) is 4.79 Å². The fraction of sp³-hybridized carbons (Fsp3) is 0.143. The van der Waals surface area contributed by atoms with Crippen LogP contribution in [0, 0.1) is 0 Å². The van der Waals surface area contributed by atoms with Gasteiger partial charge in [0.05, 0.1) is 12.0 Å². The van der Waals surface area contributed by atoms with Gasteiger partial charge >= 0.3 is 0 Å². The summed E-state index contributed by atoms with van der Waals surface area (Å²) in [5, 5.41) is 15.0. The number of hydrogen-bond acceptors (Lipinski definition) is 8. The minimum atomic E-state index is -0.203. The van der Waals surface area contributed by atoms with Crippen LogP contribution in [0.15, 0.2) is 79.1 Å². The number of carbonyl (C=O) groups is 1. The molecule has 9 heteroatoms. The molecule has 0 fully saturated rings. The van der Waals surface area contributed by atoms with Crippen LogP contribution >= 0.6 is 34.9 Å². The van der Waals surface area contributed by atoms with Gasteiger partial charge in [-0.25, -0.2) is 5.43 Å². The molecule has 1 amide bonds. The highest BCUT2D eigenvalue weighted by atomic mass is 32.2. The normalized spacial score (nSPS) is 11.7. The van der Waals surface area contributed by atoms with E-state index in [9.17, 15) is 4.79 Å². The number of rotatable bonds is 8. The summed E-state index contributed by atoms with van der Waals surface area (Å²) >= 11 is 4.50. The zero-order chi connectivity index (χ0) is 20.8. The molecule has 0 bridgehead atoms. The van der Waals surface area contributed by atoms with E-state index in [2.05, 4.69) is 57.1 Å². The topological polar surface area (TPSA) is 80.4 Å². The maximum atomic E-state index is 12.0. The monoisotopic (exact) mass is 454 g/mol. The number of benzene rings is 2. The molecule has 4 rings (SSSR count). The number of nitrogens with zero attached hydrogens (tertiary/aromatic N) is 3. The van der Waals surface area contributed by atoms with Crippen LogP contribution in [0.25, 0.3) is 10.8 Å². The fourth-order valence-electron chi connectivity index (χ4n) is 2.72. The average molecular weight is 455 g/mol. The van der Waals surface area contributed by atoms with E-state index in [4.69, 9.17) is 4.42 Å². The lowest BCUT2D eigenvalue weighted by molar-refractivity contribution is -0.118. The van der Waals surface area contributed by atoms with Crippen molar-refractivity contribution in [3.8, 4) is 0 Å². The number of nitrogens with one attached hydrogen (secondary N) is 1. The predicted octanol–water partition coefficient (Wildman–Crippen LogP) is 5.21. The minimum Gasteiger partial charge on any atom is -0.463 e. The van der Waals surface area contributed by atoms with Crippen LogP contribution in [0.4, 0.5) is 0 Å². The number of furan rings is 1. The van der Waals surface area contributed by atoms with E-state index >= 15 is 0 Å². The van der Waals surface area contributed by atoms with E-state index in [1.54, 1.807) is 37.1 Å². The molecule has 0 saturated carbocycles. The molecule has 0 saturated heterocycles. The van der Waals surface area contributed by atoms with Gasteiger partial charge in [-0.15, -0.1) is 10.2 Å². The van der Waals surface area contributed by atoms with Gasteiger partial charge in [-0.05, 0) is 35.4 Å². The van der Waals surface area contributed by atoms with Gasteiger partial charge in [0.15, 0.2) is 8.68 Å². The summed E-state index contributed by atoms with van der Waals surface area (Å²) in [4.78, 5) is 12.0. The Morgan fingerprint density at radius 3 is 2.70 bits per heavy atom. The van der Waals surface area contributed by atoms with Crippen molar-refractivity contribution in [1.82, 2.24) is 15.6 Å². The molecular formula is C21H18N4O2S3. The Labute approximate surface area is 186 Å². The predicted molar refractivity (Wildman–Crippen MR) is 123 cm³/mol. The average Bonchev–Trinajstić information content (AvgIpc) is 3.47. The smallest absolute Gasteiger partial charge is 0.250 e. The van der Waals surface area contributed by atoms with Crippen molar-refractivity contribution in [3.05, 3.63) is 72.2 Å². The van der Waals surface area contributed by atoms with E-state index in [0.717, 1.165) is 14.4 Å². The molecule has 4 aromatic rings. The van der Waals surface area contributed by atoms with E-state index in [1.807, 2.05) is 6.07 Å².